The molecule has 106 valence electrons. The number of nitrogens with zero attached hydrogens (tertiary/aromatic N) is 1. The minimum Gasteiger partial charge on any atom is -0.464 e. The molecule has 0 amide bonds. The highest BCUT2D eigenvalue weighted by Crippen LogP contribution is 2.48. The van der Waals surface area contributed by atoms with E-state index in [0.29, 0.717) is 17.9 Å². The highest BCUT2D eigenvalue weighted by atomic mass is 16.3. The van der Waals surface area contributed by atoms with Gasteiger partial charge in [-0.2, -0.15) is 0 Å². The summed E-state index contributed by atoms with van der Waals surface area (Å²) in [7, 11) is 0. The molecule has 1 saturated carbocycles. The third-order valence-corrected chi connectivity index (χ3v) is 4.82. The van der Waals surface area contributed by atoms with Crippen LogP contribution in [0.5, 0.6) is 0 Å². The van der Waals surface area contributed by atoms with E-state index in [0.717, 1.165) is 24.8 Å². The Balaban J connectivity index is 1.73. The van der Waals surface area contributed by atoms with E-state index < -0.39 is 0 Å². The van der Waals surface area contributed by atoms with Gasteiger partial charge in [-0.25, -0.2) is 0 Å². The Bertz CT molecular complexity index is 451. The zero-order chi connectivity index (χ0) is 13.6. The molecule has 1 aliphatic carbocycles. The van der Waals surface area contributed by atoms with Crippen molar-refractivity contribution in [3.63, 3.8) is 0 Å². The molecule has 0 radical (unpaired) electrons. The highest BCUT2D eigenvalue weighted by Gasteiger charge is 2.38. The zero-order valence-electron chi connectivity index (χ0n) is 12.4. The van der Waals surface area contributed by atoms with E-state index in [-0.39, 0.29) is 6.04 Å². The lowest BCUT2D eigenvalue weighted by Crippen LogP contribution is -2.32. The van der Waals surface area contributed by atoms with Crippen LogP contribution in [0.25, 0.3) is 0 Å². The van der Waals surface area contributed by atoms with Crippen LogP contribution in [0, 0.1) is 11.3 Å². The predicted molar refractivity (Wildman–Crippen MR) is 77.0 cm³/mol. The predicted octanol–water partition coefficient (Wildman–Crippen LogP) is 3.13. The molecule has 0 aromatic carbocycles. The summed E-state index contributed by atoms with van der Waals surface area (Å²) in [5.74, 6) is 3.68. The van der Waals surface area contributed by atoms with Crippen LogP contribution in [0.4, 0.5) is 0 Å². The number of furan rings is 1. The second-order valence-electron chi connectivity index (χ2n) is 7.20. The van der Waals surface area contributed by atoms with Crippen LogP contribution in [0.1, 0.15) is 57.1 Å². The van der Waals surface area contributed by atoms with Crippen molar-refractivity contribution in [1.82, 2.24) is 4.90 Å². The van der Waals surface area contributed by atoms with Crippen molar-refractivity contribution in [3.05, 3.63) is 23.7 Å². The van der Waals surface area contributed by atoms with Gasteiger partial charge in [0.25, 0.3) is 0 Å². The van der Waals surface area contributed by atoms with Crippen LogP contribution in [-0.2, 0) is 0 Å². The first kappa shape index (κ1) is 13.2. The first-order valence-corrected chi connectivity index (χ1v) is 7.54. The van der Waals surface area contributed by atoms with Crippen LogP contribution in [0.2, 0.25) is 0 Å². The van der Waals surface area contributed by atoms with Gasteiger partial charge in [-0.05, 0) is 42.9 Å². The van der Waals surface area contributed by atoms with Crippen LogP contribution < -0.4 is 5.73 Å². The van der Waals surface area contributed by atoms with E-state index >= 15 is 0 Å². The Morgan fingerprint density at radius 1 is 1.47 bits per heavy atom. The molecular formula is C16H26N2O. The summed E-state index contributed by atoms with van der Waals surface area (Å²) in [5.41, 5.74) is 6.41. The Kier molecular flexibility index (Phi) is 3.22. The summed E-state index contributed by atoms with van der Waals surface area (Å²) in [5, 5.41) is 0. The fourth-order valence-corrected chi connectivity index (χ4v) is 3.33. The SMILES string of the molecule is CC1CC1c1ccc(C(CN)N2CCC(C)(C)C2)o1. The normalized spacial score (nSPS) is 31.6. The molecule has 1 aliphatic heterocycles. The molecular weight excluding hydrogens is 236 g/mol. The molecule has 2 N–H and O–H groups in total. The molecule has 1 saturated heterocycles. The van der Waals surface area contributed by atoms with Crippen LogP contribution >= 0.6 is 0 Å². The summed E-state index contributed by atoms with van der Waals surface area (Å²) in [6, 6.07) is 4.56. The van der Waals surface area contributed by atoms with Gasteiger partial charge in [0.15, 0.2) is 0 Å². The minimum absolute atomic E-state index is 0.254. The number of hydrogen-bond acceptors (Lipinski definition) is 3. The van der Waals surface area contributed by atoms with Crippen molar-refractivity contribution in [1.29, 1.82) is 0 Å². The van der Waals surface area contributed by atoms with Gasteiger partial charge in [-0.15, -0.1) is 0 Å². The van der Waals surface area contributed by atoms with Gasteiger partial charge in [0.05, 0.1) is 6.04 Å². The van der Waals surface area contributed by atoms with Gasteiger partial charge in [-0.1, -0.05) is 20.8 Å². The average Bonchev–Trinajstić information content (AvgIpc) is 2.77. The molecule has 0 bridgehead atoms. The molecule has 1 aromatic heterocycles. The van der Waals surface area contributed by atoms with E-state index in [9.17, 15) is 0 Å². The van der Waals surface area contributed by atoms with E-state index in [2.05, 4.69) is 37.8 Å². The smallest absolute Gasteiger partial charge is 0.122 e. The largest absolute Gasteiger partial charge is 0.464 e. The quantitative estimate of drug-likeness (QED) is 0.906. The van der Waals surface area contributed by atoms with Gasteiger partial charge in [0.1, 0.15) is 11.5 Å². The van der Waals surface area contributed by atoms with Gasteiger partial charge >= 0.3 is 0 Å². The number of rotatable bonds is 4. The molecule has 19 heavy (non-hydrogen) atoms. The lowest BCUT2D eigenvalue weighted by Gasteiger charge is -2.26. The van der Waals surface area contributed by atoms with E-state index in [1.807, 2.05) is 0 Å². The van der Waals surface area contributed by atoms with Crippen molar-refractivity contribution in [3.8, 4) is 0 Å². The fraction of sp³-hybridized carbons (Fsp3) is 0.750. The second kappa shape index (κ2) is 4.64. The van der Waals surface area contributed by atoms with E-state index in [1.165, 1.54) is 18.6 Å². The summed E-state index contributed by atoms with van der Waals surface area (Å²) in [4.78, 5) is 2.49. The van der Waals surface area contributed by atoms with Crippen molar-refractivity contribution in [2.45, 2.75) is 45.6 Å². The number of nitrogens with two attached hydrogens (primary N) is 1. The summed E-state index contributed by atoms with van der Waals surface area (Å²) < 4.78 is 6.09. The van der Waals surface area contributed by atoms with Crippen molar-refractivity contribution >= 4 is 0 Å². The van der Waals surface area contributed by atoms with Crippen molar-refractivity contribution in [2.75, 3.05) is 19.6 Å². The molecule has 3 rings (SSSR count). The molecule has 0 spiro atoms. The Labute approximate surface area is 116 Å². The number of hydrogen-bond donors (Lipinski definition) is 1. The molecule has 3 atom stereocenters. The van der Waals surface area contributed by atoms with Gasteiger partial charge in [0, 0.05) is 19.0 Å². The van der Waals surface area contributed by atoms with Gasteiger partial charge in [-0.3, -0.25) is 4.90 Å². The fourth-order valence-electron chi connectivity index (χ4n) is 3.33. The molecule has 1 aromatic rings. The van der Waals surface area contributed by atoms with Crippen LogP contribution in [0.15, 0.2) is 16.5 Å². The first-order valence-electron chi connectivity index (χ1n) is 7.54. The molecule has 3 heteroatoms. The first-order chi connectivity index (χ1) is 9.00. The Morgan fingerprint density at radius 2 is 2.21 bits per heavy atom. The van der Waals surface area contributed by atoms with Crippen molar-refractivity contribution in [2.24, 2.45) is 17.1 Å². The maximum absolute atomic E-state index is 6.09. The van der Waals surface area contributed by atoms with Gasteiger partial charge < -0.3 is 10.2 Å². The monoisotopic (exact) mass is 262 g/mol. The van der Waals surface area contributed by atoms with E-state index in [1.54, 1.807) is 0 Å². The third-order valence-electron chi connectivity index (χ3n) is 4.82. The Morgan fingerprint density at radius 3 is 2.74 bits per heavy atom. The summed E-state index contributed by atoms with van der Waals surface area (Å²) in [6.07, 6.45) is 2.52. The maximum atomic E-state index is 6.09. The van der Waals surface area contributed by atoms with Crippen molar-refractivity contribution < 1.29 is 4.42 Å². The lowest BCUT2D eigenvalue weighted by atomic mass is 9.93. The molecule has 2 aliphatic rings. The maximum Gasteiger partial charge on any atom is 0.122 e. The molecule has 3 nitrogen and oxygen atoms in total. The standard InChI is InChI=1S/C16H26N2O/c1-11-8-12(11)14-4-5-15(19-14)13(9-17)18-7-6-16(2,3)10-18/h4-5,11-13H,6-10,17H2,1-3H3. The van der Waals surface area contributed by atoms with E-state index in [4.69, 9.17) is 10.2 Å². The highest BCUT2D eigenvalue weighted by molar-refractivity contribution is 5.19. The summed E-state index contributed by atoms with van der Waals surface area (Å²) in [6.45, 7) is 9.84. The average molecular weight is 262 g/mol. The van der Waals surface area contributed by atoms with Crippen LogP contribution in [-0.4, -0.2) is 24.5 Å². The minimum atomic E-state index is 0.254. The molecule has 2 heterocycles. The Hall–Kier alpha value is -0.800. The van der Waals surface area contributed by atoms with Crippen LogP contribution in [0.3, 0.4) is 0 Å². The molecule has 2 fully saturated rings. The topological polar surface area (TPSA) is 42.4 Å². The third kappa shape index (κ3) is 2.59. The molecule has 3 unspecified atom stereocenters. The zero-order valence-corrected chi connectivity index (χ0v) is 12.4. The van der Waals surface area contributed by atoms with Gasteiger partial charge in [0.2, 0.25) is 0 Å². The summed E-state index contributed by atoms with van der Waals surface area (Å²) >= 11 is 0. The lowest BCUT2D eigenvalue weighted by molar-refractivity contribution is 0.197. The number of likely N-dealkylation sites (tertiary alicyclic amines) is 1. The second-order valence-corrected chi connectivity index (χ2v) is 7.20.